The Morgan fingerprint density at radius 1 is 0.553 bits per heavy atom. The third kappa shape index (κ3) is 18.0. The Hall–Kier alpha value is -1.06. The molecule has 0 saturated heterocycles. The van der Waals surface area contributed by atoms with Crippen molar-refractivity contribution in [2.45, 2.75) is 189 Å². The first-order chi connectivity index (χ1) is 22.5. The normalized spacial score (nSPS) is 25.2. The molecule has 2 fully saturated rings. The molecular weight excluding hydrogens is 580 g/mol. The van der Waals surface area contributed by atoms with Gasteiger partial charge in [-0.25, -0.2) is 0 Å². The predicted octanol–water partition coefficient (Wildman–Crippen LogP) is 12.6. The van der Waals surface area contributed by atoms with E-state index in [-0.39, 0.29) is 11.9 Å². The largest absolute Gasteiger partial charge is 0.469 e. The molecule has 4 nitrogen and oxygen atoms in total. The van der Waals surface area contributed by atoms with Gasteiger partial charge in [-0.1, -0.05) is 151 Å². The molecule has 0 aromatic rings. The van der Waals surface area contributed by atoms with Gasteiger partial charge in [-0.05, 0) is 84.9 Å². The fourth-order valence-electron chi connectivity index (χ4n) is 9.44. The van der Waals surface area contributed by atoms with Gasteiger partial charge in [-0.15, -0.1) is 0 Å². The highest BCUT2D eigenvalue weighted by molar-refractivity contribution is 5.69. The van der Waals surface area contributed by atoms with Crippen LogP contribution in [0.25, 0.3) is 0 Å². The van der Waals surface area contributed by atoms with E-state index in [4.69, 9.17) is 9.47 Å². The summed E-state index contributed by atoms with van der Waals surface area (Å²) in [6.07, 6.45) is 30.1. The predicted molar refractivity (Wildman–Crippen MR) is 199 cm³/mol. The van der Waals surface area contributed by atoms with Gasteiger partial charge in [0.1, 0.15) is 0 Å². The fourth-order valence-corrected chi connectivity index (χ4v) is 9.44. The Balaban J connectivity index is 1.51. The minimum absolute atomic E-state index is 0.0607. The molecule has 0 aromatic heterocycles. The SMILES string of the molecule is CCC(CCCC(C)[C@H]1CCC(CCC[C@@H](C)CC(=O)OC)C1)CCC(C)CCC[C@H](C)C1CCC(CCC[C@@H](C)CC(=O)OC)C1. The summed E-state index contributed by atoms with van der Waals surface area (Å²) in [6, 6.07) is 0. The molecule has 0 bridgehead atoms. The monoisotopic (exact) mass is 661 g/mol. The maximum absolute atomic E-state index is 11.5. The molecule has 276 valence electrons. The van der Waals surface area contributed by atoms with Crippen LogP contribution in [0.5, 0.6) is 0 Å². The van der Waals surface area contributed by atoms with Crippen LogP contribution in [-0.2, 0) is 19.1 Å². The third-order valence-electron chi connectivity index (χ3n) is 13.2. The highest BCUT2D eigenvalue weighted by atomic mass is 16.5. The molecule has 0 heterocycles. The molecule has 0 radical (unpaired) electrons. The van der Waals surface area contributed by atoms with Crippen LogP contribution in [0.1, 0.15) is 189 Å². The van der Waals surface area contributed by atoms with Crippen LogP contribution in [-0.4, -0.2) is 26.2 Å². The van der Waals surface area contributed by atoms with Crippen LogP contribution < -0.4 is 0 Å². The van der Waals surface area contributed by atoms with E-state index < -0.39 is 0 Å². The Labute approximate surface area is 293 Å². The van der Waals surface area contributed by atoms with E-state index in [1.165, 1.54) is 136 Å². The molecular formula is C43H80O4. The summed E-state index contributed by atoms with van der Waals surface area (Å²) < 4.78 is 9.66. The van der Waals surface area contributed by atoms with Gasteiger partial charge < -0.3 is 9.47 Å². The van der Waals surface area contributed by atoms with E-state index in [9.17, 15) is 9.59 Å². The number of ether oxygens (including phenoxy) is 2. The van der Waals surface area contributed by atoms with Crippen LogP contribution in [0.15, 0.2) is 0 Å². The molecule has 0 aliphatic heterocycles. The number of hydrogen-bond acceptors (Lipinski definition) is 4. The van der Waals surface area contributed by atoms with Crippen molar-refractivity contribution in [3.05, 3.63) is 0 Å². The second-order valence-electron chi connectivity index (χ2n) is 17.3. The van der Waals surface area contributed by atoms with E-state index in [0.717, 1.165) is 60.2 Å². The summed E-state index contributed by atoms with van der Waals surface area (Å²) in [5, 5.41) is 0. The third-order valence-corrected chi connectivity index (χ3v) is 13.2. The summed E-state index contributed by atoms with van der Waals surface area (Å²) in [5.74, 6) is 8.06. The smallest absolute Gasteiger partial charge is 0.305 e. The first-order valence-electron chi connectivity index (χ1n) is 20.7. The first-order valence-corrected chi connectivity index (χ1v) is 20.7. The van der Waals surface area contributed by atoms with Crippen molar-refractivity contribution in [3.63, 3.8) is 0 Å². The van der Waals surface area contributed by atoms with Crippen molar-refractivity contribution >= 4 is 11.9 Å². The number of methoxy groups -OCH3 is 2. The first kappa shape index (κ1) is 42.1. The topological polar surface area (TPSA) is 52.6 Å². The van der Waals surface area contributed by atoms with Gasteiger partial charge in [0.25, 0.3) is 0 Å². The molecule has 47 heavy (non-hydrogen) atoms. The summed E-state index contributed by atoms with van der Waals surface area (Å²) >= 11 is 0. The Kier molecular flexibility index (Phi) is 21.6. The zero-order valence-electron chi connectivity index (χ0n) is 32.7. The summed E-state index contributed by atoms with van der Waals surface area (Å²) in [4.78, 5) is 23.0. The van der Waals surface area contributed by atoms with E-state index in [1.807, 2.05) is 0 Å². The number of esters is 2. The van der Waals surface area contributed by atoms with E-state index in [2.05, 4.69) is 41.5 Å². The van der Waals surface area contributed by atoms with Crippen LogP contribution in [0.4, 0.5) is 0 Å². The van der Waals surface area contributed by atoms with E-state index in [1.54, 1.807) is 0 Å². The van der Waals surface area contributed by atoms with Gasteiger partial charge in [-0.3, -0.25) is 9.59 Å². The maximum atomic E-state index is 11.5. The minimum atomic E-state index is -0.0610. The second-order valence-corrected chi connectivity index (χ2v) is 17.3. The fraction of sp³-hybridized carbons (Fsp3) is 0.953. The van der Waals surface area contributed by atoms with Gasteiger partial charge in [-0.2, -0.15) is 0 Å². The van der Waals surface area contributed by atoms with Crippen molar-refractivity contribution in [2.75, 3.05) is 14.2 Å². The Bertz CT molecular complexity index is 825. The lowest BCUT2D eigenvalue weighted by molar-refractivity contribution is -0.142. The molecule has 10 atom stereocenters. The van der Waals surface area contributed by atoms with Crippen molar-refractivity contribution in [2.24, 2.45) is 59.2 Å². The van der Waals surface area contributed by atoms with Gasteiger partial charge in [0.05, 0.1) is 14.2 Å². The molecule has 2 saturated carbocycles. The lowest BCUT2D eigenvalue weighted by Crippen LogP contribution is -2.11. The molecule has 2 rings (SSSR count). The highest BCUT2D eigenvalue weighted by Gasteiger charge is 2.29. The highest BCUT2D eigenvalue weighted by Crippen LogP contribution is 2.41. The number of carbonyl (C=O) groups excluding carboxylic acids is 2. The van der Waals surface area contributed by atoms with Gasteiger partial charge in [0.2, 0.25) is 0 Å². The summed E-state index contributed by atoms with van der Waals surface area (Å²) in [5.41, 5.74) is 0. The van der Waals surface area contributed by atoms with E-state index >= 15 is 0 Å². The molecule has 0 N–H and O–H groups in total. The van der Waals surface area contributed by atoms with Crippen molar-refractivity contribution in [1.82, 2.24) is 0 Å². The Morgan fingerprint density at radius 3 is 1.45 bits per heavy atom. The Morgan fingerprint density at radius 2 is 1.00 bits per heavy atom. The number of rotatable bonds is 26. The standard InChI is InChI=1S/C43H80O4/c1-9-37(19-13-18-36(6)41-27-25-39(31-41)21-12-16-34(4)29-43(45)47-8)23-22-32(2)14-10-17-35(5)40-26-24-38(30-40)20-11-15-33(3)28-42(44)46-7/h32-41H,9-31H2,1-8H3/t32?,33-,34-,35+,36?,37?,38?,39?,40?,41+/m1/s1. The van der Waals surface area contributed by atoms with Gasteiger partial charge in [0, 0.05) is 12.8 Å². The molecule has 2 aliphatic rings. The average Bonchev–Trinajstić information content (AvgIpc) is 3.72. The number of carbonyl (C=O) groups is 2. The zero-order valence-corrected chi connectivity index (χ0v) is 32.7. The van der Waals surface area contributed by atoms with Crippen LogP contribution in [0.3, 0.4) is 0 Å². The van der Waals surface area contributed by atoms with Gasteiger partial charge in [0.15, 0.2) is 0 Å². The van der Waals surface area contributed by atoms with Crippen molar-refractivity contribution < 1.29 is 19.1 Å². The lowest BCUT2D eigenvalue weighted by Gasteiger charge is -2.23. The average molecular weight is 661 g/mol. The van der Waals surface area contributed by atoms with E-state index in [0.29, 0.717) is 24.7 Å². The van der Waals surface area contributed by atoms with Gasteiger partial charge >= 0.3 is 11.9 Å². The molecule has 0 amide bonds. The number of hydrogen-bond donors (Lipinski definition) is 0. The van der Waals surface area contributed by atoms with Crippen molar-refractivity contribution in [3.8, 4) is 0 Å². The summed E-state index contributed by atoms with van der Waals surface area (Å²) in [7, 11) is 2.99. The molecule has 2 aliphatic carbocycles. The van der Waals surface area contributed by atoms with Crippen LogP contribution in [0, 0.1) is 59.2 Å². The quantitative estimate of drug-likeness (QED) is 0.0866. The maximum Gasteiger partial charge on any atom is 0.305 e. The van der Waals surface area contributed by atoms with Crippen LogP contribution in [0.2, 0.25) is 0 Å². The molecule has 4 heteroatoms. The van der Waals surface area contributed by atoms with Crippen molar-refractivity contribution in [1.29, 1.82) is 0 Å². The zero-order chi connectivity index (χ0) is 34.6. The minimum Gasteiger partial charge on any atom is -0.469 e. The lowest BCUT2D eigenvalue weighted by atomic mass is 9.83. The van der Waals surface area contributed by atoms with Crippen LogP contribution >= 0.6 is 0 Å². The molecule has 0 spiro atoms. The molecule has 0 aromatic carbocycles. The summed E-state index contributed by atoms with van der Waals surface area (Å²) in [6.45, 7) is 14.4. The molecule has 6 unspecified atom stereocenters. The second kappa shape index (κ2) is 24.2.